The van der Waals surface area contributed by atoms with E-state index in [9.17, 15) is 9.59 Å². The minimum Gasteiger partial charge on any atom is -0.459 e. The Balaban J connectivity index is 1.74. The van der Waals surface area contributed by atoms with Crippen molar-refractivity contribution in [2.24, 2.45) is 0 Å². The lowest BCUT2D eigenvalue weighted by molar-refractivity contribution is 0.0997. The van der Waals surface area contributed by atoms with E-state index in [1.54, 1.807) is 12.1 Å². The van der Waals surface area contributed by atoms with Gasteiger partial charge in [-0.2, -0.15) is 0 Å². The molecule has 2 aromatic heterocycles. The number of anilines is 2. The van der Waals surface area contributed by atoms with Gasteiger partial charge in [0.25, 0.3) is 11.8 Å². The molecule has 2 N–H and O–H groups in total. The molecule has 0 fully saturated rings. The predicted molar refractivity (Wildman–Crippen MR) is 125 cm³/mol. The minimum atomic E-state index is -0.395. The number of aryl methyl sites for hydroxylation is 1. The molecule has 0 aliphatic heterocycles. The maximum absolute atomic E-state index is 13.4. The second-order valence-electron chi connectivity index (χ2n) is 7.02. The van der Waals surface area contributed by atoms with E-state index in [-0.39, 0.29) is 11.7 Å². The van der Waals surface area contributed by atoms with Gasteiger partial charge in [-0.05, 0) is 48.2 Å². The fraction of sp³-hybridized carbons (Fsp3) is 0.120. The van der Waals surface area contributed by atoms with Gasteiger partial charge in [-0.3, -0.25) is 9.59 Å². The molecular formula is C25H22N2O3S. The molecule has 4 rings (SSSR count). The zero-order valence-corrected chi connectivity index (χ0v) is 18.1. The molecule has 0 atom stereocenters. The van der Waals surface area contributed by atoms with Crippen LogP contribution < -0.4 is 10.6 Å². The lowest BCUT2D eigenvalue weighted by Gasteiger charge is -2.11. The first-order chi connectivity index (χ1) is 15.1. The van der Waals surface area contributed by atoms with E-state index in [0.717, 1.165) is 33.7 Å². The second-order valence-corrected chi connectivity index (χ2v) is 8.04. The first-order valence-corrected chi connectivity index (χ1v) is 10.8. The fourth-order valence-electron chi connectivity index (χ4n) is 3.45. The number of rotatable bonds is 6. The summed E-state index contributed by atoms with van der Waals surface area (Å²) in [4.78, 5) is 26.9. The second kappa shape index (κ2) is 9.02. The van der Waals surface area contributed by atoms with Gasteiger partial charge in [-0.25, -0.2) is 0 Å². The molecule has 31 heavy (non-hydrogen) atoms. The van der Waals surface area contributed by atoms with E-state index >= 15 is 0 Å². The van der Waals surface area contributed by atoms with Gasteiger partial charge in [0.15, 0.2) is 5.76 Å². The van der Waals surface area contributed by atoms with E-state index in [1.165, 1.54) is 17.6 Å². The summed E-state index contributed by atoms with van der Waals surface area (Å²) in [5.41, 5.74) is 4.08. The Kier molecular flexibility index (Phi) is 6.00. The lowest BCUT2D eigenvalue weighted by Crippen LogP contribution is -2.18. The summed E-state index contributed by atoms with van der Waals surface area (Å²) in [5, 5.41) is 6.38. The van der Waals surface area contributed by atoms with Crippen LogP contribution in [0.3, 0.4) is 0 Å². The average molecular weight is 431 g/mol. The largest absolute Gasteiger partial charge is 0.459 e. The van der Waals surface area contributed by atoms with Crippen molar-refractivity contribution in [3.05, 3.63) is 95.4 Å². The normalized spacial score (nSPS) is 10.6. The molecule has 6 heteroatoms. The standard InChI is InChI=1S/C25H22N2O3S/c1-3-17-10-7-8-13-19(17)26-24(29)21-16(2)22(18-11-5-4-6-12-18)31-25(21)27-23(28)20-14-9-15-30-20/h4-15H,3H2,1-2H3,(H,26,29)(H,27,28). The maximum atomic E-state index is 13.4. The SMILES string of the molecule is CCc1ccccc1NC(=O)c1c(NC(=O)c2ccco2)sc(-c2ccccc2)c1C. The number of carbonyl (C=O) groups excluding carboxylic acids is 2. The third-order valence-corrected chi connectivity index (χ3v) is 6.28. The Morgan fingerprint density at radius 2 is 1.65 bits per heavy atom. The highest BCUT2D eigenvalue weighted by Crippen LogP contribution is 2.40. The van der Waals surface area contributed by atoms with Crippen LogP contribution in [0, 0.1) is 6.92 Å². The molecule has 0 bridgehead atoms. The summed E-state index contributed by atoms with van der Waals surface area (Å²) in [6.07, 6.45) is 2.25. The smallest absolute Gasteiger partial charge is 0.291 e. The van der Waals surface area contributed by atoms with Crippen molar-refractivity contribution in [2.75, 3.05) is 10.6 Å². The molecule has 0 aliphatic carbocycles. The van der Waals surface area contributed by atoms with Crippen LogP contribution >= 0.6 is 11.3 Å². The lowest BCUT2D eigenvalue weighted by atomic mass is 10.1. The molecule has 0 saturated carbocycles. The quantitative estimate of drug-likeness (QED) is 0.373. The summed E-state index contributed by atoms with van der Waals surface area (Å²) < 4.78 is 5.21. The molecule has 0 aliphatic rings. The van der Waals surface area contributed by atoms with Gasteiger partial charge in [0, 0.05) is 10.6 Å². The van der Waals surface area contributed by atoms with Gasteiger partial charge in [-0.1, -0.05) is 55.5 Å². The van der Waals surface area contributed by atoms with Gasteiger partial charge in [0.1, 0.15) is 5.00 Å². The zero-order chi connectivity index (χ0) is 21.8. The van der Waals surface area contributed by atoms with E-state index in [0.29, 0.717) is 10.6 Å². The number of para-hydroxylation sites is 1. The third kappa shape index (κ3) is 4.29. The first-order valence-electron chi connectivity index (χ1n) is 10.0. The highest BCUT2D eigenvalue weighted by Gasteiger charge is 2.24. The number of thiophene rings is 1. The molecule has 2 aromatic carbocycles. The predicted octanol–water partition coefficient (Wildman–Crippen LogP) is 6.38. The summed E-state index contributed by atoms with van der Waals surface area (Å²) in [6, 6.07) is 20.8. The van der Waals surface area contributed by atoms with Crippen LogP contribution in [0.1, 0.15) is 39.0 Å². The van der Waals surface area contributed by atoms with Crippen molar-refractivity contribution in [3.8, 4) is 10.4 Å². The monoisotopic (exact) mass is 430 g/mol. The molecule has 4 aromatic rings. The van der Waals surface area contributed by atoms with Crippen LogP contribution in [0.15, 0.2) is 77.4 Å². The highest BCUT2D eigenvalue weighted by atomic mass is 32.1. The zero-order valence-electron chi connectivity index (χ0n) is 17.3. The average Bonchev–Trinajstić information content (AvgIpc) is 3.43. The topological polar surface area (TPSA) is 71.3 Å². The Morgan fingerprint density at radius 1 is 0.903 bits per heavy atom. The van der Waals surface area contributed by atoms with Crippen molar-refractivity contribution >= 4 is 33.8 Å². The highest BCUT2D eigenvalue weighted by molar-refractivity contribution is 7.20. The summed E-state index contributed by atoms with van der Waals surface area (Å²) in [7, 11) is 0. The Morgan fingerprint density at radius 3 is 2.35 bits per heavy atom. The van der Waals surface area contributed by atoms with Crippen LogP contribution in [-0.2, 0) is 6.42 Å². The number of carbonyl (C=O) groups is 2. The fourth-order valence-corrected chi connectivity index (χ4v) is 4.65. The molecule has 0 unspecified atom stereocenters. The minimum absolute atomic E-state index is 0.190. The van der Waals surface area contributed by atoms with E-state index in [2.05, 4.69) is 10.6 Å². The summed E-state index contributed by atoms with van der Waals surface area (Å²) in [6.45, 7) is 3.95. The molecule has 0 spiro atoms. The van der Waals surface area contributed by atoms with Crippen molar-refractivity contribution in [1.29, 1.82) is 0 Å². The molecule has 0 radical (unpaired) electrons. The van der Waals surface area contributed by atoms with Gasteiger partial charge in [0.2, 0.25) is 0 Å². The Labute approximate surface area is 184 Å². The van der Waals surface area contributed by atoms with Gasteiger partial charge in [-0.15, -0.1) is 11.3 Å². The Hall–Kier alpha value is -3.64. The molecule has 156 valence electrons. The van der Waals surface area contributed by atoms with Crippen molar-refractivity contribution in [2.45, 2.75) is 20.3 Å². The van der Waals surface area contributed by atoms with Crippen LogP contribution in [0.5, 0.6) is 0 Å². The maximum Gasteiger partial charge on any atom is 0.291 e. The number of furan rings is 1. The number of hydrogen-bond acceptors (Lipinski definition) is 4. The number of amides is 2. The van der Waals surface area contributed by atoms with Crippen LogP contribution in [-0.4, -0.2) is 11.8 Å². The van der Waals surface area contributed by atoms with E-state index in [1.807, 2.05) is 68.4 Å². The molecule has 5 nitrogen and oxygen atoms in total. The molecular weight excluding hydrogens is 408 g/mol. The van der Waals surface area contributed by atoms with Gasteiger partial charge in [0.05, 0.1) is 11.8 Å². The number of benzene rings is 2. The van der Waals surface area contributed by atoms with Gasteiger partial charge >= 0.3 is 0 Å². The summed E-state index contributed by atoms with van der Waals surface area (Å²) in [5.74, 6) is -0.463. The van der Waals surface area contributed by atoms with Crippen molar-refractivity contribution in [1.82, 2.24) is 0 Å². The molecule has 2 amide bonds. The summed E-state index contributed by atoms with van der Waals surface area (Å²) >= 11 is 1.38. The van der Waals surface area contributed by atoms with Gasteiger partial charge < -0.3 is 15.1 Å². The van der Waals surface area contributed by atoms with Crippen molar-refractivity contribution in [3.63, 3.8) is 0 Å². The van der Waals surface area contributed by atoms with E-state index in [4.69, 9.17) is 4.42 Å². The van der Waals surface area contributed by atoms with Crippen molar-refractivity contribution < 1.29 is 14.0 Å². The first kappa shape index (κ1) is 20.6. The third-order valence-electron chi connectivity index (χ3n) is 5.03. The van der Waals surface area contributed by atoms with E-state index < -0.39 is 5.91 Å². The van der Waals surface area contributed by atoms with Crippen LogP contribution in [0.2, 0.25) is 0 Å². The number of hydrogen-bond donors (Lipinski definition) is 2. The molecule has 0 saturated heterocycles. The molecule has 2 heterocycles. The number of nitrogens with one attached hydrogen (secondary N) is 2. The van der Waals surface area contributed by atoms with Crippen LogP contribution in [0.4, 0.5) is 10.7 Å². The van der Waals surface area contributed by atoms with Crippen LogP contribution in [0.25, 0.3) is 10.4 Å². The Bertz CT molecular complexity index is 1210.